The molecule has 1 aliphatic rings. The number of aliphatic hydroxyl groups excluding tert-OH is 1. The minimum Gasteiger partial charge on any atom is -0.481 e. The molecule has 2 unspecified atom stereocenters. The first-order valence-corrected chi connectivity index (χ1v) is 7.22. The Morgan fingerprint density at radius 1 is 1.43 bits per heavy atom. The fraction of sp³-hybridized carbons (Fsp3) is 0.500. The second kappa shape index (κ2) is 6.26. The van der Waals surface area contributed by atoms with Crippen LogP contribution in [0.1, 0.15) is 50.3 Å². The first-order chi connectivity index (χ1) is 9.90. The first kappa shape index (κ1) is 15.5. The molecular weight excluding hydrogens is 270 g/mol. The summed E-state index contributed by atoms with van der Waals surface area (Å²) in [6.45, 7) is 3.56. The molecule has 1 aromatic rings. The molecule has 2 rings (SSSR count). The van der Waals surface area contributed by atoms with Crippen molar-refractivity contribution in [3.63, 3.8) is 0 Å². The van der Waals surface area contributed by atoms with Gasteiger partial charge in [-0.2, -0.15) is 0 Å². The zero-order valence-electron chi connectivity index (χ0n) is 12.4. The SMILES string of the molecule is CC(=O)N1c2ccc(C(O)CCCC(=O)O)cc2CC1C. The quantitative estimate of drug-likeness (QED) is 0.872. The van der Waals surface area contributed by atoms with Gasteiger partial charge in [-0.05, 0) is 43.4 Å². The van der Waals surface area contributed by atoms with Crippen molar-refractivity contribution in [1.29, 1.82) is 0 Å². The van der Waals surface area contributed by atoms with Gasteiger partial charge >= 0.3 is 5.97 Å². The second-order valence-corrected chi connectivity index (χ2v) is 5.63. The molecule has 2 N–H and O–H groups in total. The maximum atomic E-state index is 11.7. The summed E-state index contributed by atoms with van der Waals surface area (Å²) < 4.78 is 0. The molecule has 5 nitrogen and oxygen atoms in total. The summed E-state index contributed by atoms with van der Waals surface area (Å²) in [5.74, 6) is -0.821. The van der Waals surface area contributed by atoms with Crippen LogP contribution in [0, 0.1) is 0 Å². The van der Waals surface area contributed by atoms with Crippen molar-refractivity contribution in [2.45, 2.75) is 51.7 Å². The van der Waals surface area contributed by atoms with Crippen molar-refractivity contribution in [2.75, 3.05) is 4.90 Å². The van der Waals surface area contributed by atoms with E-state index in [1.165, 1.54) is 0 Å². The third kappa shape index (κ3) is 3.42. The van der Waals surface area contributed by atoms with Gasteiger partial charge in [-0.3, -0.25) is 9.59 Å². The smallest absolute Gasteiger partial charge is 0.303 e. The van der Waals surface area contributed by atoms with E-state index in [9.17, 15) is 14.7 Å². The number of carboxylic acid groups (broad SMARTS) is 1. The molecule has 0 aromatic heterocycles. The highest BCUT2D eigenvalue weighted by Crippen LogP contribution is 2.34. The monoisotopic (exact) mass is 291 g/mol. The van der Waals surface area contributed by atoms with Crippen molar-refractivity contribution in [2.24, 2.45) is 0 Å². The fourth-order valence-electron chi connectivity index (χ4n) is 2.95. The van der Waals surface area contributed by atoms with Crippen molar-refractivity contribution in [1.82, 2.24) is 0 Å². The molecule has 0 radical (unpaired) electrons. The molecule has 0 bridgehead atoms. The number of nitrogens with zero attached hydrogens (tertiary/aromatic N) is 1. The van der Waals surface area contributed by atoms with Gasteiger partial charge in [-0.1, -0.05) is 12.1 Å². The van der Waals surface area contributed by atoms with Crippen LogP contribution in [0.15, 0.2) is 18.2 Å². The molecule has 2 atom stereocenters. The number of benzene rings is 1. The second-order valence-electron chi connectivity index (χ2n) is 5.63. The largest absolute Gasteiger partial charge is 0.481 e. The summed E-state index contributed by atoms with van der Waals surface area (Å²) in [6.07, 6.45) is 1.07. The molecule has 0 saturated carbocycles. The minimum absolute atomic E-state index is 0.0241. The highest BCUT2D eigenvalue weighted by Gasteiger charge is 2.29. The Kier molecular flexibility index (Phi) is 4.63. The van der Waals surface area contributed by atoms with Gasteiger partial charge in [-0.15, -0.1) is 0 Å². The van der Waals surface area contributed by atoms with Crippen LogP contribution in [0.2, 0.25) is 0 Å². The summed E-state index contributed by atoms with van der Waals surface area (Å²) in [5.41, 5.74) is 2.76. The van der Waals surface area contributed by atoms with E-state index >= 15 is 0 Å². The summed E-state index contributed by atoms with van der Waals surface area (Å²) in [7, 11) is 0. The molecule has 0 fully saturated rings. The van der Waals surface area contributed by atoms with E-state index < -0.39 is 12.1 Å². The zero-order valence-corrected chi connectivity index (χ0v) is 12.4. The van der Waals surface area contributed by atoms with Crippen molar-refractivity contribution in [3.8, 4) is 0 Å². The van der Waals surface area contributed by atoms with E-state index in [2.05, 4.69) is 0 Å². The van der Waals surface area contributed by atoms with Crippen LogP contribution in [-0.2, 0) is 16.0 Å². The van der Waals surface area contributed by atoms with Gasteiger partial charge in [0.2, 0.25) is 5.91 Å². The molecule has 114 valence electrons. The van der Waals surface area contributed by atoms with E-state index in [0.717, 1.165) is 23.2 Å². The standard InChI is InChI=1S/C16H21NO4/c1-10-8-13-9-12(15(19)4-3-5-16(20)21)6-7-14(13)17(10)11(2)18/h6-7,9-10,15,19H,3-5,8H2,1-2H3,(H,20,21). The molecular formula is C16H21NO4. The predicted molar refractivity (Wildman–Crippen MR) is 79.2 cm³/mol. The molecule has 0 spiro atoms. The summed E-state index contributed by atoms with van der Waals surface area (Å²) in [4.78, 5) is 23.9. The predicted octanol–water partition coefficient (Wildman–Crippen LogP) is 2.27. The normalized spacial score (nSPS) is 18.4. The molecule has 1 aliphatic heterocycles. The summed E-state index contributed by atoms with van der Waals surface area (Å²) in [5, 5.41) is 18.7. The van der Waals surface area contributed by atoms with Crippen LogP contribution < -0.4 is 4.90 Å². The van der Waals surface area contributed by atoms with Gasteiger partial charge in [0, 0.05) is 25.1 Å². The number of aliphatic carboxylic acids is 1. The van der Waals surface area contributed by atoms with Gasteiger partial charge in [0.25, 0.3) is 0 Å². The number of amides is 1. The Hall–Kier alpha value is -1.88. The Balaban J connectivity index is 2.10. The third-order valence-corrected chi connectivity index (χ3v) is 3.91. The third-order valence-electron chi connectivity index (χ3n) is 3.91. The van der Waals surface area contributed by atoms with Crippen LogP contribution in [0.4, 0.5) is 5.69 Å². The number of rotatable bonds is 5. The lowest BCUT2D eigenvalue weighted by molar-refractivity contribution is -0.137. The van der Waals surface area contributed by atoms with E-state index in [0.29, 0.717) is 12.8 Å². The number of anilines is 1. The minimum atomic E-state index is -0.845. The van der Waals surface area contributed by atoms with Crippen LogP contribution in [0.3, 0.4) is 0 Å². The summed E-state index contributed by atoms with van der Waals surface area (Å²) in [6, 6.07) is 5.76. The van der Waals surface area contributed by atoms with Gasteiger partial charge in [0.05, 0.1) is 6.10 Å². The number of aliphatic hydroxyl groups is 1. The highest BCUT2D eigenvalue weighted by atomic mass is 16.4. The zero-order chi connectivity index (χ0) is 15.6. The highest BCUT2D eigenvalue weighted by molar-refractivity contribution is 5.94. The molecule has 21 heavy (non-hydrogen) atoms. The Morgan fingerprint density at radius 3 is 2.76 bits per heavy atom. The van der Waals surface area contributed by atoms with Crippen LogP contribution in [-0.4, -0.2) is 28.1 Å². The van der Waals surface area contributed by atoms with Gasteiger partial charge in [0.15, 0.2) is 0 Å². The lowest BCUT2D eigenvalue weighted by atomic mass is 10.00. The van der Waals surface area contributed by atoms with E-state index in [-0.39, 0.29) is 18.4 Å². The number of hydrogen-bond acceptors (Lipinski definition) is 3. The average Bonchev–Trinajstić information content (AvgIpc) is 2.72. The Bertz CT molecular complexity index is 555. The Morgan fingerprint density at radius 2 is 2.14 bits per heavy atom. The molecule has 1 amide bonds. The lowest BCUT2D eigenvalue weighted by Gasteiger charge is -2.20. The molecule has 1 aromatic carbocycles. The number of fused-ring (bicyclic) bond motifs is 1. The van der Waals surface area contributed by atoms with E-state index in [1.807, 2.05) is 25.1 Å². The number of carbonyl (C=O) groups is 2. The van der Waals surface area contributed by atoms with Crippen LogP contribution >= 0.6 is 0 Å². The molecule has 5 heteroatoms. The van der Waals surface area contributed by atoms with Gasteiger partial charge < -0.3 is 15.1 Å². The lowest BCUT2D eigenvalue weighted by Crippen LogP contribution is -2.33. The number of hydrogen-bond donors (Lipinski definition) is 2. The van der Waals surface area contributed by atoms with Gasteiger partial charge in [0.1, 0.15) is 0 Å². The Labute approximate surface area is 124 Å². The maximum absolute atomic E-state index is 11.7. The molecule has 0 saturated heterocycles. The molecule has 0 aliphatic carbocycles. The van der Waals surface area contributed by atoms with Crippen LogP contribution in [0.25, 0.3) is 0 Å². The topological polar surface area (TPSA) is 77.8 Å². The van der Waals surface area contributed by atoms with Gasteiger partial charge in [-0.25, -0.2) is 0 Å². The molecule has 1 heterocycles. The summed E-state index contributed by atoms with van der Waals surface area (Å²) >= 11 is 0. The fourth-order valence-corrected chi connectivity index (χ4v) is 2.95. The van der Waals surface area contributed by atoms with E-state index in [4.69, 9.17) is 5.11 Å². The average molecular weight is 291 g/mol. The van der Waals surface area contributed by atoms with Crippen molar-refractivity contribution >= 4 is 17.6 Å². The van der Waals surface area contributed by atoms with Crippen molar-refractivity contribution < 1.29 is 19.8 Å². The van der Waals surface area contributed by atoms with E-state index in [1.54, 1.807) is 11.8 Å². The van der Waals surface area contributed by atoms with Crippen LogP contribution in [0.5, 0.6) is 0 Å². The number of carbonyl (C=O) groups excluding carboxylic acids is 1. The van der Waals surface area contributed by atoms with Crippen molar-refractivity contribution in [3.05, 3.63) is 29.3 Å². The maximum Gasteiger partial charge on any atom is 0.303 e. The first-order valence-electron chi connectivity index (χ1n) is 7.22. The number of carboxylic acids is 1.